The zero-order valence-corrected chi connectivity index (χ0v) is 14.6. The Kier molecular flexibility index (Phi) is 7.31. The highest BCUT2D eigenvalue weighted by atomic mass is 35.5. The lowest BCUT2D eigenvalue weighted by Crippen LogP contribution is -2.92. The molecule has 13 nitrogen and oxygen atoms in total. The molecule has 1 aromatic rings. The molecular formula is C11H13ClN4O9S. The summed E-state index contributed by atoms with van der Waals surface area (Å²) < 4.78 is 32.5. The molecule has 1 fully saturated rings. The Bertz CT molecular complexity index is 790. The fourth-order valence-corrected chi connectivity index (χ4v) is 2.78. The number of rotatable bonds is 7. The lowest BCUT2D eigenvalue weighted by atomic mass is 10.2. The van der Waals surface area contributed by atoms with E-state index in [1.807, 2.05) is 0 Å². The van der Waals surface area contributed by atoms with E-state index in [-0.39, 0.29) is 12.1 Å². The molecule has 1 N–H and O–H groups in total. The van der Waals surface area contributed by atoms with Crippen LogP contribution in [0.15, 0.2) is 17.0 Å². The summed E-state index contributed by atoms with van der Waals surface area (Å²) in [6, 6.07) is 0.329. The van der Waals surface area contributed by atoms with Crippen molar-refractivity contribution in [1.82, 2.24) is 0 Å². The fraction of sp³-hybridized carbons (Fsp3) is 0.455. The minimum absolute atomic E-state index is 0.164. The standard InChI is InChI=1S/C6H3N3O9S.C5H10ClN/c10-7(11)3-1-4(8(12)13)6(19(16,17)18)5(2-3)9(14)15;6-2-1-3-7-4-5-7/h1-2H,(H,16,17,18);1-5H2. The third kappa shape index (κ3) is 6.14. The van der Waals surface area contributed by atoms with Crippen molar-refractivity contribution in [3.63, 3.8) is 0 Å². The first-order valence-electron chi connectivity index (χ1n) is 6.95. The molecule has 0 aromatic heterocycles. The Morgan fingerprint density at radius 2 is 1.46 bits per heavy atom. The summed E-state index contributed by atoms with van der Waals surface area (Å²) in [5, 5.41) is 31.6. The molecule has 0 unspecified atom stereocenters. The van der Waals surface area contributed by atoms with Gasteiger partial charge in [-0.2, -0.15) is 0 Å². The van der Waals surface area contributed by atoms with E-state index < -0.39 is 46.8 Å². The quantitative estimate of drug-likeness (QED) is 0.208. The van der Waals surface area contributed by atoms with Gasteiger partial charge in [-0.15, -0.1) is 11.6 Å². The van der Waals surface area contributed by atoms with Crippen LogP contribution in [0, 0.1) is 30.3 Å². The summed E-state index contributed by atoms with van der Waals surface area (Å²) in [6.45, 7) is 4.07. The number of nitro groups is 3. The van der Waals surface area contributed by atoms with Gasteiger partial charge < -0.3 is 9.45 Å². The van der Waals surface area contributed by atoms with Crippen molar-refractivity contribution >= 4 is 38.8 Å². The van der Waals surface area contributed by atoms with Crippen LogP contribution < -0.4 is 4.90 Å². The van der Waals surface area contributed by atoms with Gasteiger partial charge in [0.1, 0.15) is 23.2 Å². The van der Waals surface area contributed by atoms with Crippen LogP contribution in [0.25, 0.3) is 0 Å². The summed E-state index contributed by atoms with van der Waals surface area (Å²) in [7, 11) is -5.55. The number of nitrogens with one attached hydrogen (secondary N) is 1. The van der Waals surface area contributed by atoms with Crippen LogP contribution in [0.3, 0.4) is 0 Å². The number of quaternary nitrogens is 1. The van der Waals surface area contributed by atoms with Crippen LogP contribution in [-0.2, 0) is 10.1 Å². The number of benzene rings is 1. The van der Waals surface area contributed by atoms with Crippen LogP contribution in [0.1, 0.15) is 6.42 Å². The molecule has 1 aliphatic heterocycles. The maximum atomic E-state index is 10.8. The second-order valence-corrected chi connectivity index (χ2v) is 6.78. The molecule has 0 atom stereocenters. The maximum absolute atomic E-state index is 10.8. The molecule has 0 saturated carbocycles. The van der Waals surface area contributed by atoms with Crippen molar-refractivity contribution in [3.05, 3.63) is 42.5 Å². The van der Waals surface area contributed by atoms with Gasteiger partial charge in [0.05, 0.1) is 33.4 Å². The first-order valence-corrected chi connectivity index (χ1v) is 8.90. The Balaban J connectivity index is 0.000000401. The highest BCUT2D eigenvalue weighted by Crippen LogP contribution is 2.36. The third-order valence-electron chi connectivity index (χ3n) is 3.16. The number of non-ortho nitro benzene ring substituents is 1. The third-order valence-corrected chi connectivity index (χ3v) is 4.34. The molecule has 0 aliphatic carbocycles. The highest BCUT2D eigenvalue weighted by molar-refractivity contribution is 7.86. The molecule has 2 rings (SSSR count). The smallest absolute Gasteiger partial charge is 0.300 e. The first-order chi connectivity index (χ1) is 12.0. The summed E-state index contributed by atoms with van der Waals surface area (Å²) in [6.07, 6.45) is 1.19. The lowest BCUT2D eigenvalue weighted by molar-refractivity contribution is -0.758. The number of alkyl halides is 1. The molecule has 144 valence electrons. The molecule has 26 heavy (non-hydrogen) atoms. The van der Waals surface area contributed by atoms with Gasteiger partial charge in [0.25, 0.3) is 5.69 Å². The molecule has 0 radical (unpaired) electrons. The van der Waals surface area contributed by atoms with E-state index in [1.165, 1.54) is 26.1 Å². The van der Waals surface area contributed by atoms with Crippen molar-refractivity contribution in [3.8, 4) is 0 Å². The fourth-order valence-electron chi connectivity index (χ4n) is 1.87. The first kappa shape index (κ1) is 21.6. The SMILES string of the molecule is ClCCC[NH+]1CC1.O=[N+]([O-])c1cc([N+](=O)[O-])c(S(=O)(=O)[O-])c([N+](=O)[O-])c1. The van der Waals surface area contributed by atoms with Crippen molar-refractivity contribution in [2.45, 2.75) is 11.3 Å². The number of halogens is 1. The van der Waals surface area contributed by atoms with Gasteiger partial charge in [0.15, 0.2) is 0 Å². The van der Waals surface area contributed by atoms with E-state index in [0.29, 0.717) is 0 Å². The Labute approximate surface area is 151 Å². The number of hydrogen-bond acceptors (Lipinski definition) is 9. The van der Waals surface area contributed by atoms with Crippen LogP contribution >= 0.6 is 11.6 Å². The van der Waals surface area contributed by atoms with E-state index in [4.69, 9.17) is 11.6 Å². The van der Waals surface area contributed by atoms with E-state index in [1.54, 1.807) is 4.90 Å². The van der Waals surface area contributed by atoms with Crippen LogP contribution in [0.2, 0.25) is 0 Å². The zero-order valence-electron chi connectivity index (χ0n) is 13.0. The average Bonchev–Trinajstić information content (AvgIpc) is 3.35. The largest absolute Gasteiger partial charge is 0.744 e. The Morgan fingerprint density at radius 3 is 1.73 bits per heavy atom. The molecule has 1 heterocycles. The zero-order chi connectivity index (χ0) is 20.1. The monoisotopic (exact) mass is 412 g/mol. The Hall–Kier alpha value is -2.42. The van der Waals surface area contributed by atoms with E-state index in [2.05, 4.69) is 0 Å². The van der Waals surface area contributed by atoms with Gasteiger partial charge in [0, 0.05) is 12.3 Å². The molecule has 0 bridgehead atoms. The molecule has 1 aromatic carbocycles. The Morgan fingerprint density at radius 1 is 1.00 bits per heavy atom. The summed E-state index contributed by atoms with van der Waals surface area (Å²) in [4.78, 5) is 27.6. The maximum Gasteiger partial charge on any atom is 0.300 e. The predicted octanol–water partition coefficient (Wildman–Crippen LogP) is -0.171. The van der Waals surface area contributed by atoms with Crippen molar-refractivity contribution < 1.29 is 32.6 Å². The van der Waals surface area contributed by atoms with Crippen LogP contribution in [0.4, 0.5) is 17.1 Å². The van der Waals surface area contributed by atoms with E-state index in [0.717, 1.165) is 5.88 Å². The van der Waals surface area contributed by atoms with Crippen molar-refractivity contribution in [2.75, 3.05) is 25.5 Å². The minimum Gasteiger partial charge on any atom is -0.744 e. The van der Waals surface area contributed by atoms with Gasteiger partial charge in [0.2, 0.25) is 4.90 Å². The number of nitrogens with zero attached hydrogens (tertiary/aromatic N) is 3. The summed E-state index contributed by atoms with van der Waals surface area (Å²) in [5.74, 6) is 0.837. The summed E-state index contributed by atoms with van der Waals surface area (Å²) in [5.41, 5.74) is -4.11. The number of hydrogen-bond donors (Lipinski definition) is 1. The molecule has 15 heteroatoms. The second-order valence-electron chi connectivity index (χ2n) is 5.08. The number of nitro benzene ring substituents is 3. The lowest BCUT2D eigenvalue weighted by Gasteiger charge is -2.07. The molecular weight excluding hydrogens is 400 g/mol. The van der Waals surface area contributed by atoms with E-state index in [9.17, 15) is 43.3 Å². The van der Waals surface area contributed by atoms with Gasteiger partial charge in [-0.3, -0.25) is 30.3 Å². The van der Waals surface area contributed by atoms with E-state index >= 15 is 0 Å². The average molecular weight is 413 g/mol. The normalized spacial score (nSPS) is 13.5. The molecule has 0 amide bonds. The highest BCUT2D eigenvalue weighted by Gasteiger charge is 2.34. The topological polar surface area (TPSA) is 191 Å². The van der Waals surface area contributed by atoms with Crippen molar-refractivity contribution in [1.29, 1.82) is 0 Å². The van der Waals surface area contributed by atoms with Crippen LogP contribution in [0.5, 0.6) is 0 Å². The van der Waals surface area contributed by atoms with Crippen molar-refractivity contribution in [2.24, 2.45) is 0 Å². The predicted molar refractivity (Wildman–Crippen MR) is 85.3 cm³/mol. The van der Waals surface area contributed by atoms with Gasteiger partial charge in [-0.1, -0.05) is 0 Å². The molecule has 0 spiro atoms. The van der Waals surface area contributed by atoms with Gasteiger partial charge >= 0.3 is 11.4 Å². The minimum atomic E-state index is -5.55. The van der Waals surface area contributed by atoms with Crippen LogP contribution in [-0.4, -0.2) is 53.3 Å². The van der Waals surface area contributed by atoms with Gasteiger partial charge in [-0.25, -0.2) is 8.42 Å². The molecule has 1 aliphatic rings. The second kappa shape index (κ2) is 8.79. The van der Waals surface area contributed by atoms with Gasteiger partial charge in [-0.05, 0) is 0 Å². The summed E-state index contributed by atoms with van der Waals surface area (Å²) >= 11 is 5.46. The molecule has 1 saturated heterocycles.